The number of rotatable bonds is 7. The number of anilines is 2. The molecular weight excluding hydrogens is 441 g/mol. The molecule has 0 aliphatic rings. The third-order valence-corrected chi connectivity index (χ3v) is 5.53. The Morgan fingerprint density at radius 1 is 1.15 bits per heavy atom. The second-order valence-electron chi connectivity index (χ2n) is 6.61. The highest BCUT2D eigenvalue weighted by Crippen LogP contribution is 2.30. The van der Waals surface area contributed by atoms with Crippen LogP contribution in [0.2, 0.25) is 0 Å². The smallest absolute Gasteiger partial charge is 0.241 e. The fraction of sp³-hybridized carbons (Fsp3) is 0.0833. The summed E-state index contributed by atoms with van der Waals surface area (Å²) in [6.45, 7) is 3.68. The van der Waals surface area contributed by atoms with E-state index in [1.807, 2.05) is 18.2 Å². The van der Waals surface area contributed by atoms with Crippen LogP contribution in [0.3, 0.4) is 0 Å². The third kappa shape index (κ3) is 4.88. The Morgan fingerprint density at radius 2 is 1.97 bits per heavy atom. The zero-order chi connectivity index (χ0) is 23.2. The largest absolute Gasteiger partial charge is 0.481 e. The number of methoxy groups -OCH3 is 1. The molecule has 0 atom stereocenters. The Labute approximate surface area is 194 Å². The molecule has 0 bridgehead atoms. The molecule has 2 aromatic carbocycles. The number of ether oxygens (including phenoxy) is 2. The molecule has 0 radical (unpaired) electrons. The lowest BCUT2D eigenvalue weighted by atomic mass is 10.1. The van der Waals surface area contributed by atoms with Crippen molar-refractivity contribution in [1.29, 1.82) is 0 Å². The maximum absolute atomic E-state index is 13.9. The number of aliphatic imine (C=N–C) groups is 2. The predicted molar refractivity (Wildman–Crippen MR) is 131 cm³/mol. The van der Waals surface area contributed by atoms with Gasteiger partial charge in [-0.3, -0.25) is 9.98 Å². The van der Waals surface area contributed by atoms with Gasteiger partial charge in [0.1, 0.15) is 17.3 Å². The minimum Gasteiger partial charge on any atom is -0.481 e. The van der Waals surface area contributed by atoms with Gasteiger partial charge in [0.25, 0.3) is 0 Å². The van der Waals surface area contributed by atoms with Crippen molar-refractivity contribution in [3.63, 3.8) is 0 Å². The molecule has 4 rings (SSSR count). The number of hydrogen-bond acceptors (Lipinski definition) is 8. The fourth-order valence-corrected chi connectivity index (χ4v) is 3.97. The van der Waals surface area contributed by atoms with Gasteiger partial charge in [-0.05, 0) is 48.5 Å². The second kappa shape index (κ2) is 10.0. The molecule has 0 amide bonds. The number of hydrogen-bond donors (Lipinski definition) is 1. The van der Waals surface area contributed by atoms with Crippen LogP contribution in [-0.2, 0) is 0 Å². The zero-order valence-corrected chi connectivity index (χ0v) is 18.8. The number of aromatic nitrogens is 2. The number of benzene rings is 2. The van der Waals surface area contributed by atoms with E-state index < -0.39 is 0 Å². The fourth-order valence-electron chi connectivity index (χ4n) is 3.08. The van der Waals surface area contributed by atoms with Crippen molar-refractivity contribution in [2.45, 2.75) is 0 Å². The van der Waals surface area contributed by atoms with Crippen molar-refractivity contribution in [1.82, 2.24) is 9.97 Å². The van der Waals surface area contributed by atoms with Gasteiger partial charge in [-0.15, -0.1) is 0 Å². The monoisotopic (exact) mass is 461 g/mol. The summed E-state index contributed by atoms with van der Waals surface area (Å²) >= 11 is 1.26. The normalized spacial score (nSPS) is 12.0. The van der Waals surface area contributed by atoms with E-state index in [2.05, 4.69) is 31.8 Å². The molecule has 0 saturated carbocycles. The van der Waals surface area contributed by atoms with Crippen LogP contribution < -0.4 is 14.8 Å². The Balaban J connectivity index is 1.53. The van der Waals surface area contributed by atoms with Crippen LogP contribution in [0, 0.1) is 5.82 Å². The summed E-state index contributed by atoms with van der Waals surface area (Å²) in [7, 11) is 3.14. The second-order valence-corrected chi connectivity index (χ2v) is 7.61. The number of halogens is 1. The summed E-state index contributed by atoms with van der Waals surface area (Å²) in [5.74, 6) is 0.949. The SMILES string of the molecule is C=CN=C(C(=NC)Oc1ccc(Nc2nc3cccc(F)c3s2)cc1)c1cccnc1OC. The summed E-state index contributed by atoms with van der Waals surface area (Å²) in [5, 5.41) is 3.79. The molecule has 0 spiro atoms. The van der Waals surface area contributed by atoms with E-state index >= 15 is 0 Å². The van der Waals surface area contributed by atoms with Crippen LogP contribution >= 0.6 is 11.3 Å². The summed E-state index contributed by atoms with van der Waals surface area (Å²) in [4.78, 5) is 17.2. The van der Waals surface area contributed by atoms with Crippen LogP contribution in [0.4, 0.5) is 15.2 Å². The van der Waals surface area contributed by atoms with Crippen molar-refractivity contribution in [3.05, 3.63) is 85.0 Å². The van der Waals surface area contributed by atoms with Crippen molar-refractivity contribution in [3.8, 4) is 11.6 Å². The number of nitrogens with one attached hydrogen (secondary N) is 1. The number of thiazole rings is 1. The van der Waals surface area contributed by atoms with Gasteiger partial charge in [0, 0.05) is 25.1 Å². The molecule has 0 unspecified atom stereocenters. The van der Waals surface area contributed by atoms with Gasteiger partial charge in [-0.1, -0.05) is 24.0 Å². The van der Waals surface area contributed by atoms with Gasteiger partial charge in [0.2, 0.25) is 11.8 Å². The van der Waals surface area contributed by atoms with E-state index in [1.54, 1.807) is 43.6 Å². The first kappa shape index (κ1) is 22.1. The van der Waals surface area contributed by atoms with Gasteiger partial charge in [0.05, 0.1) is 22.9 Å². The van der Waals surface area contributed by atoms with E-state index in [0.717, 1.165) is 5.69 Å². The van der Waals surface area contributed by atoms with Crippen molar-refractivity contribution >= 4 is 44.0 Å². The third-order valence-electron chi connectivity index (χ3n) is 4.53. The number of nitrogens with zero attached hydrogens (tertiary/aromatic N) is 4. The zero-order valence-electron chi connectivity index (χ0n) is 17.9. The Hall–Kier alpha value is -4.11. The van der Waals surface area contributed by atoms with E-state index in [1.165, 1.54) is 30.7 Å². The Kier molecular flexibility index (Phi) is 6.70. The van der Waals surface area contributed by atoms with Gasteiger partial charge >= 0.3 is 0 Å². The topological polar surface area (TPSA) is 81.0 Å². The highest BCUT2D eigenvalue weighted by Gasteiger charge is 2.19. The summed E-state index contributed by atoms with van der Waals surface area (Å²) < 4.78 is 25.8. The molecule has 1 N–H and O–H groups in total. The molecule has 33 heavy (non-hydrogen) atoms. The first-order valence-electron chi connectivity index (χ1n) is 9.88. The standard InChI is InChI=1S/C24H20FN5O2S/c1-4-27-20(17-7-6-14-28-22(17)31-3)23(26-2)32-16-12-10-15(11-13-16)29-24-30-19-9-5-8-18(25)21(19)33-24/h4-14H,1H2,2-3H3,(H,29,30). The summed E-state index contributed by atoms with van der Waals surface area (Å²) in [5.41, 5.74) is 2.47. The van der Waals surface area contributed by atoms with Crippen molar-refractivity contribution in [2.24, 2.45) is 9.98 Å². The highest BCUT2D eigenvalue weighted by atomic mass is 32.1. The molecule has 9 heteroatoms. The molecule has 0 aliphatic carbocycles. The van der Waals surface area contributed by atoms with Gasteiger partial charge in [-0.2, -0.15) is 0 Å². The summed E-state index contributed by atoms with van der Waals surface area (Å²) in [6, 6.07) is 15.7. The predicted octanol–water partition coefficient (Wildman–Crippen LogP) is 5.62. The molecule has 4 aromatic rings. The summed E-state index contributed by atoms with van der Waals surface area (Å²) in [6.07, 6.45) is 3.03. The Bertz CT molecular complexity index is 1350. The Morgan fingerprint density at radius 3 is 2.67 bits per heavy atom. The molecule has 0 fully saturated rings. The minimum atomic E-state index is -0.282. The van der Waals surface area contributed by atoms with Gasteiger partial charge < -0.3 is 14.8 Å². The quantitative estimate of drug-likeness (QED) is 0.285. The van der Waals surface area contributed by atoms with Crippen LogP contribution in [0.25, 0.3) is 10.2 Å². The van der Waals surface area contributed by atoms with Crippen molar-refractivity contribution in [2.75, 3.05) is 19.5 Å². The van der Waals surface area contributed by atoms with Crippen molar-refractivity contribution < 1.29 is 13.9 Å². The number of pyridine rings is 1. The molecule has 0 aliphatic heterocycles. The highest BCUT2D eigenvalue weighted by molar-refractivity contribution is 7.22. The number of fused-ring (bicyclic) bond motifs is 1. The average molecular weight is 462 g/mol. The van der Waals surface area contributed by atoms with Gasteiger partial charge in [0.15, 0.2) is 5.13 Å². The first-order chi connectivity index (χ1) is 16.1. The lowest BCUT2D eigenvalue weighted by molar-refractivity contribution is 0.397. The van der Waals surface area contributed by atoms with Crippen LogP contribution in [0.15, 0.2) is 83.6 Å². The molecule has 0 saturated heterocycles. The van der Waals surface area contributed by atoms with E-state index in [4.69, 9.17) is 9.47 Å². The lowest BCUT2D eigenvalue weighted by Crippen LogP contribution is -2.23. The lowest BCUT2D eigenvalue weighted by Gasteiger charge is -2.13. The van der Waals surface area contributed by atoms with E-state index in [9.17, 15) is 4.39 Å². The molecule has 2 aromatic heterocycles. The molecule has 7 nitrogen and oxygen atoms in total. The minimum absolute atomic E-state index is 0.281. The van der Waals surface area contributed by atoms with Crippen LogP contribution in [-0.4, -0.2) is 35.7 Å². The van der Waals surface area contributed by atoms with E-state index in [-0.39, 0.29) is 11.7 Å². The van der Waals surface area contributed by atoms with Crippen LogP contribution in [0.5, 0.6) is 11.6 Å². The van der Waals surface area contributed by atoms with Gasteiger partial charge in [-0.25, -0.2) is 14.4 Å². The molecular formula is C24H20FN5O2S. The maximum Gasteiger partial charge on any atom is 0.241 e. The van der Waals surface area contributed by atoms with E-state index in [0.29, 0.717) is 38.3 Å². The molecule has 2 heterocycles. The molecule has 166 valence electrons. The maximum atomic E-state index is 13.9. The first-order valence-corrected chi connectivity index (χ1v) is 10.7. The van der Waals surface area contributed by atoms with Crippen LogP contribution in [0.1, 0.15) is 5.56 Å². The average Bonchev–Trinajstić information content (AvgIpc) is 3.26.